The van der Waals surface area contributed by atoms with E-state index in [0.717, 1.165) is 32.3 Å². The molecule has 5 heteroatoms. The second-order valence-corrected chi connectivity index (χ2v) is 8.71. The summed E-state index contributed by atoms with van der Waals surface area (Å²) in [4.78, 5) is 30.6. The first-order valence-corrected chi connectivity index (χ1v) is 11.3. The molecule has 0 amide bonds. The normalized spacial score (nSPS) is 11.8. The van der Waals surface area contributed by atoms with E-state index in [1.807, 2.05) is 78.9 Å². The molecule has 0 fully saturated rings. The van der Waals surface area contributed by atoms with Gasteiger partial charge in [0.05, 0.1) is 22.3 Å². The third-order valence-corrected chi connectivity index (χ3v) is 6.69. The fraction of sp³-hybridized carbons (Fsp3) is 0.0333. The Labute approximate surface area is 197 Å². The van der Waals surface area contributed by atoms with E-state index in [0.29, 0.717) is 38.9 Å². The van der Waals surface area contributed by atoms with Crippen LogP contribution < -0.4 is 11.3 Å². The first-order valence-electron chi connectivity index (χ1n) is 11.3. The molecule has 0 atom stereocenters. The van der Waals surface area contributed by atoms with Gasteiger partial charge in [-0.15, -0.1) is 0 Å². The highest BCUT2D eigenvalue weighted by molar-refractivity contribution is 6.19. The highest BCUT2D eigenvalue weighted by Crippen LogP contribution is 2.34. The molecule has 0 aliphatic carbocycles. The number of pyridine rings is 1. The molecule has 0 aliphatic rings. The van der Waals surface area contributed by atoms with Crippen LogP contribution in [0.3, 0.4) is 0 Å². The predicted molar refractivity (Wildman–Crippen MR) is 139 cm³/mol. The number of benzene rings is 4. The van der Waals surface area contributed by atoms with Crippen LogP contribution in [-0.2, 0) is 0 Å². The number of hydrogen-bond acceptors (Lipinski definition) is 5. The van der Waals surface area contributed by atoms with E-state index in [4.69, 9.17) is 8.83 Å². The lowest BCUT2D eigenvalue weighted by molar-refractivity contribution is 0.563. The zero-order valence-corrected chi connectivity index (χ0v) is 18.7. The van der Waals surface area contributed by atoms with E-state index in [2.05, 4.69) is 4.98 Å². The van der Waals surface area contributed by atoms with E-state index in [1.54, 1.807) is 13.0 Å². The van der Waals surface area contributed by atoms with Crippen molar-refractivity contribution in [2.75, 3.05) is 0 Å². The van der Waals surface area contributed by atoms with Crippen molar-refractivity contribution in [3.05, 3.63) is 111 Å². The van der Waals surface area contributed by atoms with Gasteiger partial charge in [-0.1, -0.05) is 60.7 Å². The molecule has 3 heterocycles. The minimum atomic E-state index is -0.476. The molecular formula is C30H17NO4. The van der Waals surface area contributed by atoms with Crippen molar-refractivity contribution in [3.8, 4) is 11.3 Å². The SMILES string of the molecule is Cc1nc(-c2cc3c(ccc4ccccc43)oc2=O)cc2c1c(=O)oc1ccc3ccccc3c12. The van der Waals surface area contributed by atoms with Crippen molar-refractivity contribution in [1.82, 2.24) is 4.98 Å². The number of fused-ring (bicyclic) bond motifs is 8. The Bertz CT molecular complexity index is 2120. The highest BCUT2D eigenvalue weighted by atomic mass is 16.4. The molecule has 0 saturated carbocycles. The number of aryl methyl sites for hydroxylation is 1. The average Bonchev–Trinajstić information content (AvgIpc) is 2.87. The van der Waals surface area contributed by atoms with Crippen LogP contribution in [0, 0.1) is 6.92 Å². The number of rotatable bonds is 1. The Morgan fingerprint density at radius 1 is 0.600 bits per heavy atom. The third kappa shape index (κ3) is 2.85. The summed E-state index contributed by atoms with van der Waals surface area (Å²) in [5.74, 6) is 0. The van der Waals surface area contributed by atoms with E-state index in [9.17, 15) is 9.59 Å². The van der Waals surface area contributed by atoms with Crippen molar-refractivity contribution in [2.45, 2.75) is 6.92 Å². The number of aromatic nitrogens is 1. The molecule has 0 bridgehead atoms. The summed E-state index contributed by atoms with van der Waals surface area (Å²) in [5.41, 5.74) is 1.39. The number of nitrogens with zero attached hydrogens (tertiary/aromatic N) is 1. The average molecular weight is 455 g/mol. The molecule has 0 saturated heterocycles. The molecule has 0 aliphatic heterocycles. The van der Waals surface area contributed by atoms with Crippen molar-refractivity contribution >= 4 is 54.3 Å². The fourth-order valence-electron chi connectivity index (χ4n) is 5.08. The maximum absolute atomic E-state index is 13.1. The lowest BCUT2D eigenvalue weighted by Crippen LogP contribution is -2.08. The topological polar surface area (TPSA) is 73.3 Å². The standard InChI is InChI=1S/C30H17NO4/c1-16-27-23(28-20-9-5-3-7-18(20)11-13-26(28)35-30(27)33)15-24(31-16)22-14-21-19-8-4-2-6-17(19)10-12-25(21)34-29(22)32/h2-15H,1H3. The van der Waals surface area contributed by atoms with Gasteiger partial charge < -0.3 is 8.83 Å². The molecule has 166 valence electrons. The number of hydrogen-bond donors (Lipinski definition) is 0. The van der Waals surface area contributed by atoms with E-state index < -0.39 is 11.3 Å². The Balaban J connectivity index is 1.63. The van der Waals surface area contributed by atoms with Crippen LogP contribution >= 0.6 is 0 Å². The van der Waals surface area contributed by atoms with Crippen molar-refractivity contribution in [3.63, 3.8) is 0 Å². The predicted octanol–water partition coefficient (Wildman–Crippen LogP) is 6.73. The molecule has 0 spiro atoms. The van der Waals surface area contributed by atoms with Gasteiger partial charge in [0.25, 0.3) is 0 Å². The van der Waals surface area contributed by atoms with Crippen LogP contribution in [-0.4, -0.2) is 4.98 Å². The van der Waals surface area contributed by atoms with Crippen LogP contribution in [0.15, 0.2) is 103 Å². The van der Waals surface area contributed by atoms with E-state index >= 15 is 0 Å². The maximum Gasteiger partial charge on any atom is 0.346 e. The van der Waals surface area contributed by atoms with Gasteiger partial charge in [-0.25, -0.2) is 9.59 Å². The largest absolute Gasteiger partial charge is 0.422 e. The molecule has 4 aromatic carbocycles. The molecule has 5 nitrogen and oxygen atoms in total. The van der Waals surface area contributed by atoms with Gasteiger partial charge in [0.2, 0.25) is 0 Å². The molecule has 0 unspecified atom stereocenters. The highest BCUT2D eigenvalue weighted by Gasteiger charge is 2.18. The van der Waals surface area contributed by atoms with E-state index in [1.165, 1.54) is 0 Å². The van der Waals surface area contributed by atoms with Crippen LogP contribution in [0.2, 0.25) is 0 Å². The van der Waals surface area contributed by atoms with Crippen LogP contribution in [0.5, 0.6) is 0 Å². The second kappa shape index (κ2) is 7.11. The van der Waals surface area contributed by atoms with Gasteiger partial charge in [0.15, 0.2) is 0 Å². The smallest absolute Gasteiger partial charge is 0.346 e. The molecular weight excluding hydrogens is 438 g/mol. The van der Waals surface area contributed by atoms with Gasteiger partial charge in [-0.3, -0.25) is 4.98 Å². The quantitative estimate of drug-likeness (QED) is 0.203. The molecule has 3 aromatic heterocycles. The summed E-state index contributed by atoms with van der Waals surface area (Å²) in [6.07, 6.45) is 0. The second-order valence-electron chi connectivity index (χ2n) is 8.71. The molecule has 35 heavy (non-hydrogen) atoms. The monoisotopic (exact) mass is 455 g/mol. The maximum atomic E-state index is 13.1. The Morgan fingerprint density at radius 3 is 2.06 bits per heavy atom. The van der Waals surface area contributed by atoms with Crippen molar-refractivity contribution in [2.24, 2.45) is 0 Å². The van der Waals surface area contributed by atoms with Gasteiger partial charge in [0, 0.05) is 16.2 Å². The van der Waals surface area contributed by atoms with E-state index in [-0.39, 0.29) is 0 Å². The molecule has 0 radical (unpaired) electrons. The van der Waals surface area contributed by atoms with Gasteiger partial charge >= 0.3 is 11.3 Å². The summed E-state index contributed by atoms with van der Waals surface area (Å²) < 4.78 is 11.4. The summed E-state index contributed by atoms with van der Waals surface area (Å²) in [7, 11) is 0. The minimum absolute atomic E-state index is 0.348. The Hall–Kier alpha value is -4.77. The summed E-state index contributed by atoms with van der Waals surface area (Å²) in [6, 6.07) is 27.0. The Kier molecular flexibility index (Phi) is 4.00. The van der Waals surface area contributed by atoms with Gasteiger partial charge in [0.1, 0.15) is 11.2 Å². The first-order chi connectivity index (χ1) is 17.1. The minimum Gasteiger partial charge on any atom is -0.422 e. The summed E-state index contributed by atoms with van der Waals surface area (Å²) in [6.45, 7) is 1.76. The zero-order chi connectivity index (χ0) is 23.7. The van der Waals surface area contributed by atoms with Gasteiger partial charge in [-0.2, -0.15) is 0 Å². The Morgan fingerprint density at radius 2 is 1.26 bits per heavy atom. The summed E-state index contributed by atoms with van der Waals surface area (Å²) >= 11 is 0. The lowest BCUT2D eigenvalue weighted by Gasteiger charge is -2.10. The molecule has 7 rings (SSSR count). The van der Waals surface area contributed by atoms with Crippen molar-refractivity contribution < 1.29 is 8.83 Å². The van der Waals surface area contributed by atoms with Crippen LogP contribution in [0.1, 0.15) is 5.69 Å². The molecule has 7 aromatic rings. The lowest BCUT2D eigenvalue weighted by atomic mass is 9.98. The van der Waals surface area contributed by atoms with Crippen molar-refractivity contribution in [1.29, 1.82) is 0 Å². The third-order valence-electron chi connectivity index (χ3n) is 6.69. The first kappa shape index (κ1) is 19.7. The fourth-order valence-corrected chi connectivity index (χ4v) is 5.08. The van der Waals surface area contributed by atoms with Crippen LogP contribution in [0.25, 0.3) is 65.5 Å². The van der Waals surface area contributed by atoms with Gasteiger partial charge in [-0.05, 0) is 52.7 Å². The molecule has 0 N–H and O–H groups in total. The van der Waals surface area contributed by atoms with Crippen LogP contribution in [0.4, 0.5) is 0 Å². The zero-order valence-electron chi connectivity index (χ0n) is 18.7. The summed E-state index contributed by atoms with van der Waals surface area (Å²) in [5, 5.41) is 6.80.